The molecule has 1 aromatic carbocycles. The zero-order valence-electron chi connectivity index (χ0n) is 8.02. The molecule has 0 bridgehead atoms. The van der Waals surface area contributed by atoms with Crippen LogP contribution in [0.25, 0.3) is 10.9 Å². The molecule has 8 heteroatoms. The molecule has 0 aliphatic carbocycles. The van der Waals surface area contributed by atoms with Crippen LogP contribution in [-0.4, -0.2) is 20.1 Å². The Balaban J connectivity index is 2.96. The van der Waals surface area contributed by atoms with Gasteiger partial charge in [0.05, 0.1) is 14.8 Å². The van der Waals surface area contributed by atoms with Gasteiger partial charge in [0.25, 0.3) is 5.88 Å². The van der Waals surface area contributed by atoms with E-state index in [2.05, 4.69) is 20.9 Å². The van der Waals surface area contributed by atoms with Gasteiger partial charge in [-0.2, -0.15) is 0 Å². The molecular weight excluding hydrogens is 299 g/mol. The maximum Gasteiger partial charge on any atom is 0.372 e. The van der Waals surface area contributed by atoms with Gasteiger partial charge in [0.15, 0.2) is 5.82 Å². The van der Waals surface area contributed by atoms with Crippen molar-refractivity contribution in [3.63, 3.8) is 0 Å². The number of rotatable bonds is 1. The second-order valence-corrected chi connectivity index (χ2v) is 4.00. The van der Waals surface area contributed by atoms with Crippen molar-refractivity contribution in [1.29, 1.82) is 0 Å². The molecule has 0 aliphatic heterocycles. The van der Waals surface area contributed by atoms with E-state index < -0.39 is 28.1 Å². The zero-order chi connectivity index (χ0) is 12.7. The first kappa shape index (κ1) is 11.5. The summed E-state index contributed by atoms with van der Waals surface area (Å²) in [5.74, 6) is -2.66. The molecule has 0 amide bonds. The molecule has 0 fully saturated rings. The fourth-order valence-corrected chi connectivity index (χ4v) is 1.72. The van der Waals surface area contributed by atoms with Crippen molar-refractivity contribution in [3.8, 4) is 11.6 Å². The molecular formula is C9H4BrFN2O4. The van der Waals surface area contributed by atoms with E-state index in [9.17, 15) is 24.7 Å². The molecule has 0 unspecified atom stereocenters. The number of benzene rings is 1. The van der Waals surface area contributed by atoms with E-state index in [1.807, 2.05) is 0 Å². The molecule has 1 aromatic heterocycles. The molecule has 17 heavy (non-hydrogen) atoms. The highest BCUT2D eigenvalue weighted by Gasteiger charge is 2.26. The van der Waals surface area contributed by atoms with Crippen LogP contribution in [0.15, 0.2) is 16.6 Å². The lowest BCUT2D eigenvalue weighted by Crippen LogP contribution is -1.94. The van der Waals surface area contributed by atoms with Gasteiger partial charge in [0, 0.05) is 0 Å². The van der Waals surface area contributed by atoms with Crippen molar-refractivity contribution < 1.29 is 19.5 Å². The minimum Gasteiger partial charge on any atom is -0.501 e. The summed E-state index contributed by atoms with van der Waals surface area (Å²) in [4.78, 5) is 13.0. The Kier molecular flexibility index (Phi) is 2.58. The third-order valence-corrected chi connectivity index (χ3v) is 2.77. The summed E-state index contributed by atoms with van der Waals surface area (Å²) in [6, 6.07) is 2.54. The van der Waals surface area contributed by atoms with Crippen LogP contribution in [0, 0.1) is 15.9 Å². The monoisotopic (exact) mass is 302 g/mol. The van der Waals surface area contributed by atoms with Gasteiger partial charge in [-0.3, -0.25) is 10.1 Å². The van der Waals surface area contributed by atoms with E-state index in [4.69, 9.17) is 0 Å². The molecule has 1 heterocycles. The fourth-order valence-electron chi connectivity index (χ4n) is 1.40. The predicted molar refractivity (Wildman–Crippen MR) is 59.4 cm³/mol. The Morgan fingerprint density at radius 2 is 2.06 bits per heavy atom. The zero-order valence-corrected chi connectivity index (χ0v) is 9.60. The summed E-state index contributed by atoms with van der Waals surface area (Å²) < 4.78 is 13.7. The van der Waals surface area contributed by atoms with Gasteiger partial charge in [-0.25, -0.2) is 9.37 Å². The quantitative estimate of drug-likeness (QED) is 0.623. The molecule has 0 radical (unpaired) electrons. The fraction of sp³-hybridized carbons (Fsp3) is 0. The second-order valence-electron chi connectivity index (χ2n) is 3.15. The topological polar surface area (TPSA) is 96.5 Å². The molecule has 0 atom stereocenters. The van der Waals surface area contributed by atoms with Gasteiger partial charge in [-0.1, -0.05) is 0 Å². The van der Waals surface area contributed by atoms with Crippen molar-refractivity contribution in [3.05, 3.63) is 32.5 Å². The molecule has 2 aromatic rings. The first-order valence-corrected chi connectivity index (χ1v) is 5.06. The highest BCUT2D eigenvalue weighted by atomic mass is 79.9. The first-order valence-electron chi connectivity index (χ1n) is 4.27. The summed E-state index contributed by atoms with van der Waals surface area (Å²) in [5.41, 5.74) is -1.29. The lowest BCUT2D eigenvalue weighted by Gasteiger charge is -2.04. The van der Waals surface area contributed by atoms with Crippen LogP contribution >= 0.6 is 15.9 Å². The average Bonchev–Trinajstić information content (AvgIpc) is 2.23. The lowest BCUT2D eigenvalue weighted by atomic mass is 10.2. The minimum atomic E-state index is -1.03. The summed E-state index contributed by atoms with van der Waals surface area (Å²) >= 11 is 2.90. The van der Waals surface area contributed by atoms with E-state index >= 15 is 0 Å². The molecule has 0 aliphatic rings. The number of fused-ring (bicyclic) bond motifs is 1. The normalized spacial score (nSPS) is 10.7. The number of hydrogen-bond donors (Lipinski definition) is 2. The summed E-state index contributed by atoms with van der Waals surface area (Å²) in [6.07, 6.45) is 0. The third-order valence-electron chi connectivity index (χ3n) is 2.16. The number of aromatic hydroxyl groups is 2. The van der Waals surface area contributed by atoms with Crippen molar-refractivity contribution in [2.45, 2.75) is 0 Å². The van der Waals surface area contributed by atoms with Crippen LogP contribution in [0.3, 0.4) is 0 Å². The standard InChI is InChI=1S/C9H4BrFN2O4/c10-4-2-1-3-6(5(4)11)12-9(15)7(8(3)14)13(16)17/h1-2H,(H2,12,14,15). The van der Waals surface area contributed by atoms with E-state index in [0.29, 0.717) is 0 Å². The predicted octanol–water partition coefficient (Wildman–Crippen LogP) is 2.46. The van der Waals surface area contributed by atoms with Gasteiger partial charge >= 0.3 is 5.69 Å². The Morgan fingerprint density at radius 1 is 1.41 bits per heavy atom. The highest BCUT2D eigenvalue weighted by Crippen LogP contribution is 2.40. The minimum absolute atomic E-state index is 0.0742. The number of pyridine rings is 1. The van der Waals surface area contributed by atoms with Gasteiger partial charge in [-0.15, -0.1) is 0 Å². The van der Waals surface area contributed by atoms with Crippen molar-refractivity contribution in [2.24, 2.45) is 0 Å². The van der Waals surface area contributed by atoms with Crippen LogP contribution < -0.4 is 0 Å². The highest BCUT2D eigenvalue weighted by molar-refractivity contribution is 9.10. The number of nitrogens with zero attached hydrogens (tertiary/aromatic N) is 2. The SMILES string of the molecule is O=[N+]([O-])c1c(O)nc2c(F)c(Br)ccc2c1O. The van der Waals surface area contributed by atoms with E-state index in [1.165, 1.54) is 12.1 Å². The van der Waals surface area contributed by atoms with Crippen molar-refractivity contribution in [1.82, 2.24) is 4.98 Å². The third kappa shape index (κ3) is 1.66. The van der Waals surface area contributed by atoms with Crippen LogP contribution in [0.2, 0.25) is 0 Å². The molecule has 0 spiro atoms. The van der Waals surface area contributed by atoms with Crippen LogP contribution in [0.4, 0.5) is 10.1 Å². The Morgan fingerprint density at radius 3 is 2.65 bits per heavy atom. The molecule has 88 valence electrons. The van der Waals surface area contributed by atoms with Crippen LogP contribution in [0.5, 0.6) is 11.6 Å². The molecule has 2 N–H and O–H groups in total. The van der Waals surface area contributed by atoms with Crippen LogP contribution in [0.1, 0.15) is 0 Å². The second kappa shape index (κ2) is 3.81. The van der Waals surface area contributed by atoms with Gasteiger partial charge in [0.1, 0.15) is 5.52 Å². The smallest absolute Gasteiger partial charge is 0.372 e. The number of nitro groups is 1. The average molecular weight is 303 g/mol. The summed E-state index contributed by atoms with van der Waals surface area (Å²) in [5, 5.41) is 29.3. The number of hydrogen-bond acceptors (Lipinski definition) is 5. The Labute approximate surface area is 102 Å². The molecule has 2 rings (SSSR count). The van der Waals surface area contributed by atoms with Gasteiger partial charge in [0.2, 0.25) is 5.75 Å². The number of aromatic nitrogens is 1. The Hall–Kier alpha value is -1.96. The largest absolute Gasteiger partial charge is 0.501 e. The lowest BCUT2D eigenvalue weighted by molar-refractivity contribution is -0.387. The van der Waals surface area contributed by atoms with Crippen LogP contribution in [-0.2, 0) is 0 Å². The maximum absolute atomic E-state index is 13.6. The van der Waals surface area contributed by atoms with Gasteiger partial charge < -0.3 is 10.2 Å². The molecule has 6 nitrogen and oxygen atoms in total. The first-order chi connectivity index (χ1) is 7.93. The van der Waals surface area contributed by atoms with E-state index in [0.717, 1.165) is 0 Å². The molecule has 0 saturated carbocycles. The summed E-state index contributed by atoms with van der Waals surface area (Å²) in [6.45, 7) is 0. The number of halogens is 2. The molecule has 0 saturated heterocycles. The maximum atomic E-state index is 13.6. The van der Waals surface area contributed by atoms with Crippen molar-refractivity contribution in [2.75, 3.05) is 0 Å². The van der Waals surface area contributed by atoms with E-state index in [-0.39, 0.29) is 15.4 Å². The Bertz CT molecular complexity index is 647. The van der Waals surface area contributed by atoms with Crippen molar-refractivity contribution >= 4 is 32.5 Å². The van der Waals surface area contributed by atoms with Gasteiger partial charge in [-0.05, 0) is 28.1 Å². The van der Waals surface area contributed by atoms with E-state index in [1.54, 1.807) is 0 Å². The summed E-state index contributed by atoms with van der Waals surface area (Å²) in [7, 11) is 0.